The zero-order valence-electron chi connectivity index (χ0n) is 15.1. The van der Waals surface area contributed by atoms with Crippen molar-refractivity contribution in [2.75, 3.05) is 24.5 Å². The van der Waals surface area contributed by atoms with Gasteiger partial charge in [-0.15, -0.1) is 0 Å². The van der Waals surface area contributed by atoms with Gasteiger partial charge in [0.1, 0.15) is 6.04 Å². The number of rotatable bonds is 6. The Morgan fingerprint density at radius 3 is 2.82 bits per heavy atom. The van der Waals surface area contributed by atoms with Crippen LogP contribution in [0.5, 0.6) is 0 Å². The summed E-state index contributed by atoms with van der Waals surface area (Å²) in [6.45, 7) is 1.75. The first-order chi connectivity index (χ1) is 13.4. The van der Waals surface area contributed by atoms with Crippen LogP contribution >= 0.6 is 0 Å². The molecule has 0 aliphatic carbocycles. The molecule has 10 heteroatoms. The molecule has 1 saturated heterocycles. The van der Waals surface area contributed by atoms with Crippen molar-refractivity contribution in [2.45, 2.75) is 31.6 Å². The number of nitrogens with one attached hydrogen (secondary N) is 2. The molecule has 2 N–H and O–H groups in total. The molecule has 2 aromatic rings. The van der Waals surface area contributed by atoms with E-state index in [0.29, 0.717) is 37.8 Å². The number of hydrogen-bond donors (Lipinski definition) is 2. The molecule has 3 heterocycles. The second-order valence-corrected chi connectivity index (χ2v) is 6.45. The van der Waals surface area contributed by atoms with Gasteiger partial charge in [0.05, 0.1) is 12.2 Å². The van der Waals surface area contributed by atoms with Crippen molar-refractivity contribution in [3.63, 3.8) is 0 Å². The lowest BCUT2D eigenvalue weighted by atomic mass is 10.2. The topological polar surface area (TPSA) is 83.0 Å². The minimum atomic E-state index is -4.23. The van der Waals surface area contributed by atoms with Gasteiger partial charge in [0, 0.05) is 44.1 Å². The molecule has 1 atom stereocenters. The highest BCUT2D eigenvalue weighted by Gasteiger charge is 2.28. The smallest absolute Gasteiger partial charge is 0.349 e. The van der Waals surface area contributed by atoms with Gasteiger partial charge in [-0.1, -0.05) is 6.07 Å². The Balaban J connectivity index is 1.57. The molecule has 150 valence electrons. The number of aromatic nitrogens is 3. The van der Waals surface area contributed by atoms with Crippen molar-refractivity contribution in [1.82, 2.24) is 25.6 Å². The maximum atomic E-state index is 12.4. The number of piperazine rings is 1. The van der Waals surface area contributed by atoms with E-state index in [0.717, 1.165) is 5.69 Å². The van der Waals surface area contributed by atoms with E-state index in [2.05, 4.69) is 25.6 Å². The van der Waals surface area contributed by atoms with Crippen LogP contribution in [0.15, 0.2) is 36.7 Å². The number of pyridine rings is 1. The normalized spacial score (nSPS) is 17.4. The van der Waals surface area contributed by atoms with Crippen LogP contribution in [0.2, 0.25) is 0 Å². The summed E-state index contributed by atoms with van der Waals surface area (Å²) in [4.78, 5) is 26.8. The molecule has 0 spiro atoms. The van der Waals surface area contributed by atoms with Gasteiger partial charge in [-0.2, -0.15) is 13.2 Å². The molecule has 7 nitrogen and oxygen atoms in total. The first-order valence-electron chi connectivity index (χ1n) is 8.95. The Hall–Kier alpha value is -2.75. The van der Waals surface area contributed by atoms with E-state index in [4.69, 9.17) is 0 Å². The molecule has 1 amide bonds. The maximum Gasteiger partial charge on any atom is 0.389 e. The Morgan fingerprint density at radius 1 is 1.21 bits per heavy atom. The second-order valence-electron chi connectivity index (χ2n) is 6.45. The molecule has 1 fully saturated rings. The fourth-order valence-electron chi connectivity index (χ4n) is 2.86. The Bertz CT molecular complexity index is 786. The maximum absolute atomic E-state index is 12.4. The summed E-state index contributed by atoms with van der Waals surface area (Å²) < 4.78 is 37.3. The fraction of sp³-hybridized carbons (Fsp3) is 0.444. The van der Waals surface area contributed by atoms with Crippen LogP contribution in [0.1, 0.15) is 17.8 Å². The summed E-state index contributed by atoms with van der Waals surface area (Å²) in [6.07, 6.45) is -2.24. The van der Waals surface area contributed by atoms with E-state index in [1.165, 1.54) is 12.3 Å². The van der Waals surface area contributed by atoms with E-state index >= 15 is 0 Å². The van der Waals surface area contributed by atoms with Gasteiger partial charge in [-0.05, 0) is 24.6 Å². The van der Waals surface area contributed by atoms with Crippen molar-refractivity contribution < 1.29 is 18.0 Å². The summed E-state index contributed by atoms with van der Waals surface area (Å²) in [7, 11) is 0. The van der Waals surface area contributed by atoms with Crippen LogP contribution in [-0.2, 0) is 17.8 Å². The van der Waals surface area contributed by atoms with Crippen LogP contribution in [0.25, 0.3) is 0 Å². The van der Waals surface area contributed by atoms with Gasteiger partial charge in [0.25, 0.3) is 0 Å². The van der Waals surface area contributed by atoms with Crippen LogP contribution in [0, 0.1) is 0 Å². The molecule has 1 aliphatic rings. The molecule has 3 rings (SSSR count). The number of anilines is 1. The SMILES string of the molecule is O=C(NCc1ccccn1)C1CN(c2nccc(CCC(F)(F)F)n2)CCN1. The number of hydrogen-bond acceptors (Lipinski definition) is 6. The highest BCUT2D eigenvalue weighted by Crippen LogP contribution is 2.22. The fourth-order valence-corrected chi connectivity index (χ4v) is 2.86. The van der Waals surface area contributed by atoms with Crippen LogP contribution in [0.3, 0.4) is 0 Å². The number of amides is 1. The lowest BCUT2D eigenvalue weighted by Gasteiger charge is -2.33. The third-order valence-corrected chi connectivity index (χ3v) is 4.31. The van der Waals surface area contributed by atoms with Crippen molar-refractivity contribution in [3.8, 4) is 0 Å². The minimum absolute atomic E-state index is 0.177. The Morgan fingerprint density at radius 2 is 2.07 bits per heavy atom. The van der Waals surface area contributed by atoms with E-state index in [9.17, 15) is 18.0 Å². The van der Waals surface area contributed by atoms with Gasteiger partial charge < -0.3 is 15.5 Å². The van der Waals surface area contributed by atoms with Crippen LogP contribution in [-0.4, -0.2) is 52.7 Å². The summed E-state index contributed by atoms with van der Waals surface area (Å²) in [6, 6.07) is 6.47. The lowest BCUT2D eigenvalue weighted by Crippen LogP contribution is -2.57. The third-order valence-electron chi connectivity index (χ3n) is 4.31. The first-order valence-corrected chi connectivity index (χ1v) is 8.95. The zero-order valence-corrected chi connectivity index (χ0v) is 15.1. The van der Waals surface area contributed by atoms with E-state index in [1.54, 1.807) is 17.2 Å². The molecule has 0 bridgehead atoms. The predicted octanol–water partition coefficient (Wildman–Crippen LogP) is 1.46. The number of halogens is 3. The Labute approximate surface area is 160 Å². The number of nitrogens with zero attached hydrogens (tertiary/aromatic N) is 4. The van der Waals surface area contributed by atoms with Crippen molar-refractivity contribution in [2.24, 2.45) is 0 Å². The van der Waals surface area contributed by atoms with E-state index in [-0.39, 0.29) is 12.3 Å². The number of aryl methyl sites for hydroxylation is 1. The van der Waals surface area contributed by atoms with Gasteiger partial charge in [-0.3, -0.25) is 9.78 Å². The molecule has 1 aliphatic heterocycles. The zero-order chi connectivity index (χ0) is 20.0. The summed E-state index contributed by atoms with van der Waals surface area (Å²) in [5.41, 5.74) is 1.08. The average Bonchev–Trinajstić information content (AvgIpc) is 2.71. The molecule has 2 aromatic heterocycles. The number of alkyl halides is 3. The summed E-state index contributed by atoms with van der Waals surface area (Å²) in [5.74, 6) is 0.160. The molecular formula is C18H21F3N6O. The van der Waals surface area contributed by atoms with Gasteiger partial charge in [0.2, 0.25) is 11.9 Å². The summed E-state index contributed by atoms with van der Waals surface area (Å²) in [5, 5.41) is 5.97. The lowest BCUT2D eigenvalue weighted by molar-refractivity contribution is -0.134. The standard InChI is InChI=1S/C18H21F3N6O/c19-18(20,21)6-4-13-5-8-24-17(26-13)27-10-9-23-15(12-27)16(28)25-11-14-3-1-2-7-22-14/h1-3,5,7-8,15,23H,4,6,9-12H2,(H,25,28). The number of carbonyl (C=O) groups is 1. The Kier molecular flexibility index (Phi) is 6.40. The second kappa shape index (κ2) is 8.96. The highest BCUT2D eigenvalue weighted by atomic mass is 19.4. The van der Waals surface area contributed by atoms with Crippen LogP contribution < -0.4 is 15.5 Å². The number of carbonyl (C=O) groups excluding carboxylic acids is 1. The minimum Gasteiger partial charge on any atom is -0.349 e. The average molecular weight is 394 g/mol. The van der Waals surface area contributed by atoms with Crippen molar-refractivity contribution in [3.05, 3.63) is 48.0 Å². The quantitative estimate of drug-likeness (QED) is 0.772. The van der Waals surface area contributed by atoms with Crippen molar-refractivity contribution in [1.29, 1.82) is 0 Å². The van der Waals surface area contributed by atoms with Gasteiger partial charge in [0.15, 0.2) is 0 Å². The van der Waals surface area contributed by atoms with Crippen LogP contribution in [0.4, 0.5) is 19.1 Å². The predicted molar refractivity (Wildman–Crippen MR) is 96.5 cm³/mol. The van der Waals surface area contributed by atoms with Gasteiger partial charge in [-0.25, -0.2) is 9.97 Å². The molecule has 0 radical (unpaired) electrons. The third kappa shape index (κ3) is 5.88. The van der Waals surface area contributed by atoms with E-state index < -0.39 is 18.6 Å². The monoisotopic (exact) mass is 394 g/mol. The van der Waals surface area contributed by atoms with Crippen molar-refractivity contribution >= 4 is 11.9 Å². The molecule has 1 unspecified atom stereocenters. The van der Waals surface area contributed by atoms with Gasteiger partial charge >= 0.3 is 6.18 Å². The molecule has 0 saturated carbocycles. The highest BCUT2D eigenvalue weighted by molar-refractivity contribution is 5.82. The largest absolute Gasteiger partial charge is 0.389 e. The summed E-state index contributed by atoms with van der Waals surface area (Å²) >= 11 is 0. The van der Waals surface area contributed by atoms with E-state index in [1.807, 2.05) is 12.1 Å². The molecular weight excluding hydrogens is 373 g/mol. The first kappa shape index (κ1) is 20.0. The molecule has 28 heavy (non-hydrogen) atoms. The molecule has 0 aromatic carbocycles.